The van der Waals surface area contributed by atoms with Crippen molar-refractivity contribution in [2.75, 3.05) is 31.1 Å². The second kappa shape index (κ2) is 9.47. The molecule has 134 valence electrons. The molecule has 0 atom stereocenters. The molecule has 1 aliphatic rings. The molecule has 1 saturated heterocycles. The first kappa shape index (κ1) is 17.8. The second-order valence-electron chi connectivity index (χ2n) is 6.35. The molecule has 1 aliphatic heterocycles. The predicted molar refractivity (Wildman–Crippen MR) is 109 cm³/mol. The van der Waals surface area contributed by atoms with Gasteiger partial charge in [-0.1, -0.05) is 30.3 Å². The standard InChI is InChI=1S/C20H28N4S/c1-2-21-20(22-13-10-17-7-4-3-5-8-17)23-18-11-14-24(15-12-18)19-9-6-16-25-19/h3-9,16,18H,2,10-15H2,1H3,(H2,21,22,23). The Morgan fingerprint density at radius 3 is 2.64 bits per heavy atom. The van der Waals surface area contributed by atoms with Crippen LogP contribution in [0.2, 0.25) is 0 Å². The van der Waals surface area contributed by atoms with Crippen LogP contribution in [0.3, 0.4) is 0 Å². The SMILES string of the molecule is CCNC(=NCCc1ccccc1)NC1CCN(c2cccs2)CC1. The van der Waals surface area contributed by atoms with Gasteiger partial charge in [-0.05, 0) is 49.3 Å². The third-order valence-corrected chi connectivity index (χ3v) is 5.44. The number of aliphatic imine (C=N–C) groups is 1. The van der Waals surface area contributed by atoms with Crippen LogP contribution in [0.25, 0.3) is 0 Å². The van der Waals surface area contributed by atoms with Crippen molar-refractivity contribution in [2.45, 2.75) is 32.2 Å². The second-order valence-corrected chi connectivity index (χ2v) is 7.28. The van der Waals surface area contributed by atoms with Crippen LogP contribution >= 0.6 is 11.3 Å². The number of guanidine groups is 1. The topological polar surface area (TPSA) is 39.7 Å². The summed E-state index contributed by atoms with van der Waals surface area (Å²) in [6.07, 6.45) is 3.29. The van der Waals surface area contributed by atoms with Crippen molar-refractivity contribution >= 4 is 22.3 Å². The van der Waals surface area contributed by atoms with E-state index in [0.717, 1.165) is 51.4 Å². The normalized spacial score (nSPS) is 16.0. The summed E-state index contributed by atoms with van der Waals surface area (Å²) < 4.78 is 0. The lowest BCUT2D eigenvalue weighted by Crippen LogP contribution is -2.48. The van der Waals surface area contributed by atoms with Gasteiger partial charge in [-0.2, -0.15) is 0 Å². The average Bonchev–Trinajstić information content (AvgIpc) is 3.18. The van der Waals surface area contributed by atoms with Crippen LogP contribution in [-0.2, 0) is 6.42 Å². The lowest BCUT2D eigenvalue weighted by Gasteiger charge is -2.33. The summed E-state index contributed by atoms with van der Waals surface area (Å²) in [5.74, 6) is 0.952. The molecule has 3 rings (SSSR count). The van der Waals surface area contributed by atoms with Gasteiger partial charge in [0.05, 0.1) is 5.00 Å². The fourth-order valence-corrected chi connectivity index (χ4v) is 3.93. The third kappa shape index (κ3) is 5.49. The zero-order chi connectivity index (χ0) is 17.3. The zero-order valence-corrected chi connectivity index (χ0v) is 15.8. The molecule has 2 N–H and O–H groups in total. The molecule has 2 aromatic rings. The molecule has 0 aliphatic carbocycles. The molecule has 0 bridgehead atoms. The van der Waals surface area contributed by atoms with Gasteiger partial charge in [0.15, 0.2) is 5.96 Å². The minimum absolute atomic E-state index is 0.505. The number of nitrogens with zero attached hydrogens (tertiary/aromatic N) is 2. The van der Waals surface area contributed by atoms with Crippen LogP contribution in [0.4, 0.5) is 5.00 Å². The lowest BCUT2D eigenvalue weighted by atomic mass is 10.1. The van der Waals surface area contributed by atoms with Crippen LogP contribution in [0.1, 0.15) is 25.3 Å². The summed E-state index contributed by atoms with van der Waals surface area (Å²) >= 11 is 1.83. The van der Waals surface area contributed by atoms with Gasteiger partial charge in [-0.25, -0.2) is 0 Å². The van der Waals surface area contributed by atoms with Gasteiger partial charge in [0.1, 0.15) is 0 Å². The predicted octanol–water partition coefficient (Wildman–Crippen LogP) is 3.51. The van der Waals surface area contributed by atoms with E-state index in [-0.39, 0.29) is 0 Å². The number of anilines is 1. The van der Waals surface area contributed by atoms with Crippen LogP contribution in [0.5, 0.6) is 0 Å². The summed E-state index contributed by atoms with van der Waals surface area (Å²) in [4.78, 5) is 7.24. The highest BCUT2D eigenvalue weighted by Gasteiger charge is 2.20. The average molecular weight is 357 g/mol. The zero-order valence-electron chi connectivity index (χ0n) is 14.9. The first-order valence-corrected chi connectivity index (χ1v) is 10.1. The van der Waals surface area contributed by atoms with E-state index < -0.39 is 0 Å². The Bertz CT molecular complexity index is 631. The molecule has 0 spiro atoms. The van der Waals surface area contributed by atoms with Gasteiger partial charge in [0.25, 0.3) is 0 Å². The number of rotatable bonds is 6. The summed E-state index contributed by atoms with van der Waals surface area (Å²) in [5, 5.41) is 10.6. The van der Waals surface area contributed by atoms with Crippen molar-refractivity contribution in [3.05, 3.63) is 53.4 Å². The number of benzene rings is 1. The van der Waals surface area contributed by atoms with Crippen molar-refractivity contribution in [1.82, 2.24) is 10.6 Å². The molecular weight excluding hydrogens is 328 g/mol. The number of nitrogens with one attached hydrogen (secondary N) is 2. The number of hydrogen-bond donors (Lipinski definition) is 2. The molecule has 5 heteroatoms. The van der Waals surface area contributed by atoms with E-state index >= 15 is 0 Å². The van der Waals surface area contributed by atoms with Crippen molar-refractivity contribution in [2.24, 2.45) is 4.99 Å². The number of piperidine rings is 1. The molecule has 1 aromatic heterocycles. The maximum absolute atomic E-state index is 4.75. The molecular formula is C20H28N4S. The van der Waals surface area contributed by atoms with Crippen molar-refractivity contribution in [1.29, 1.82) is 0 Å². The Morgan fingerprint density at radius 2 is 1.96 bits per heavy atom. The number of thiophene rings is 1. The summed E-state index contributed by atoms with van der Waals surface area (Å²) in [5.41, 5.74) is 1.34. The Balaban J connectivity index is 1.47. The lowest BCUT2D eigenvalue weighted by molar-refractivity contribution is 0.463. The van der Waals surface area contributed by atoms with Gasteiger partial charge >= 0.3 is 0 Å². The van der Waals surface area contributed by atoms with Crippen molar-refractivity contribution in [3.63, 3.8) is 0 Å². The monoisotopic (exact) mass is 356 g/mol. The van der Waals surface area contributed by atoms with Gasteiger partial charge < -0.3 is 15.5 Å². The van der Waals surface area contributed by atoms with Crippen molar-refractivity contribution < 1.29 is 0 Å². The molecule has 2 heterocycles. The Morgan fingerprint density at radius 1 is 1.16 bits per heavy atom. The Kier molecular flexibility index (Phi) is 6.74. The molecule has 0 amide bonds. The minimum Gasteiger partial charge on any atom is -0.363 e. The van der Waals surface area contributed by atoms with Crippen LogP contribution in [0.15, 0.2) is 52.8 Å². The molecule has 0 unspecified atom stereocenters. The maximum Gasteiger partial charge on any atom is 0.191 e. The highest BCUT2D eigenvalue weighted by Crippen LogP contribution is 2.24. The highest BCUT2D eigenvalue weighted by molar-refractivity contribution is 7.14. The number of hydrogen-bond acceptors (Lipinski definition) is 3. The molecule has 25 heavy (non-hydrogen) atoms. The highest BCUT2D eigenvalue weighted by atomic mass is 32.1. The fourth-order valence-electron chi connectivity index (χ4n) is 3.15. The van der Waals surface area contributed by atoms with Crippen LogP contribution < -0.4 is 15.5 Å². The smallest absolute Gasteiger partial charge is 0.191 e. The van der Waals surface area contributed by atoms with Crippen LogP contribution in [0, 0.1) is 0 Å². The van der Waals surface area contributed by atoms with Gasteiger partial charge in [-0.3, -0.25) is 4.99 Å². The van der Waals surface area contributed by atoms with Gasteiger partial charge in [-0.15, -0.1) is 11.3 Å². The summed E-state index contributed by atoms with van der Waals surface area (Å²) in [6, 6.07) is 15.4. The van der Waals surface area contributed by atoms with Gasteiger partial charge in [0.2, 0.25) is 0 Å². The summed E-state index contributed by atoms with van der Waals surface area (Å²) in [6.45, 7) is 6.05. The minimum atomic E-state index is 0.505. The Labute approximate surface area is 155 Å². The summed E-state index contributed by atoms with van der Waals surface area (Å²) in [7, 11) is 0. The van der Waals surface area contributed by atoms with Crippen molar-refractivity contribution in [3.8, 4) is 0 Å². The molecule has 4 nitrogen and oxygen atoms in total. The molecule has 1 fully saturated rings. The quantitative estimate of drug-likeness (QED) is 0.614. The van der Waals surface area contributed by atoms with Gasteiger partial charge in [0, 0.05) is 32.2 Å². The van der Waals surface area contributed by atoms with E-state index in [9.17, 15) is 0 Å². The fraction of sp³-hybridized carbons (Fsp3) is 0.450. The molecule has 0 saturated carbocycles. The van der Waals surface area contributed by atoms with E-state index in [0.29, 0.717) is 6.04 Å². The largest absolute Gasteiger partial charge is 0.363 e. The maximum atomic E-state index is 4.75. The first-order chi connectivity index (χ1) is 12.3. The van der Waals surface area contributed by atoms with E-state index in [2.05, 4.69) is 70.3 Å². The molecule has 1 aromatic carbocycles. The van der Waals surface area contributed by atoms with E-state index in [1.165, 1.54) is 10.6 Å². The van der Waals surface area contributed by atoms with E-state index in [1.54, 1.807) is 0 Å². The first-order valence-electron chi connectivity index (χ1n) is 9.22. The van der Waals surface area contributed by atoms with Crippen LogP contribution in [-0.4, -0.2) is 38.2 Å². The molecule has 0 radical (unpaired) electrons. The van der Waals surface area contributed by atoms with E-state index in [4.69, 9.17) is 4.99 Å². The third-order valence-electron chi connectivity index (χ3n) is 4.51. The Hall–Kier alpha value is -2.01. The van der Waals surface area contributed by atoms with E-state index in [1.807, 2.05) is 11.3 Å².